The average molecular weight is 341 g/mol. The van der Waals surface area contributed by atoms with E-state index in [1.54, 1.807) is 23.6 Å². The molecule has 1 atom stereocenters. The van der Waals surface area contributed by atoms with Gasteiger partial charge in [-0.1, -0.05) is 18.3 Å². The van der Waals surface area contributed by atoms with Gasteiger partial charge in [0.15, 0.2) is 10.9 Å². The number of rotatable bonds is 3. The summed E-state index contributed by atoms with van der Waals surface area (Å²) >= 11 is 1.67. The Labute approximate surface area is 144 Å². The van der Waals surface area contributed by atoms with Crippen molar-refractivity contribution in [2.75, 3.05) is 29.0 Å². The minimum absolute atomic E-state index is 0.423. The van der Waals surface area contributed by atoms with Crippen molar-refractivity contribution in [1.29, 1.82) is 0 Å². The van der Waals surface area contributed by atoms with E-state index in [0.29, 0.717) is 17.6 Å². The third-order valence-electron chi connectivity index (χ3n) is 4.16. The van der Waals surface area contributed by atoms with E-state index in [9.17, 15) is 0 Å². The lowest BCUT2D eigenvalue weighted by atomic mass is 10.0. The van der Waals surface area contributed by atoms with Crippen LogP contribution in [0.2, 0.25) is 0 Å². The van der Waals surface area contributed by atoms with Crippen LogP contribution in [0.4, 0.5) is 22.6 Å². The first-order valence-electron chi connectivity index (χ1n) is 8.04. The van der Waals surface area contributed by atoms with Crippen molar-refractivity contribution >= 4 is 44.1 Å². The summed E-state index contributed by atoms with van der Waals surface area (Å²) in [5, 5.41) is 4.29. The molecule has 0 spiro atoms. The lowest BCUT2D eigenvalue weighted by Crippen LogP contribution is -2.34. The first-order chi connectivity index (χ1) is 11.7. The lowest BCUT2D eigenvalue weighted by molar-refractivity contribution is 0.446. The highest BCUT2D eigenvalue weighted by molar-refractivity contribution is 7.22. The van der Waals surface area contributed by atoms with Crippen LogP contribution < -0.4 is 16.0 Å². The highest BCUT2D eigenvalue weighted by Gasteiger charge is 2.20. The number of fused-ring (bicyclic) bond motifs is 1. The third-order valence-corrected chi connectivity index (χ3v) is 5.29. The molecular weight excluding hydrogens is 322 g/mol. The van der Waals surface area contributed by atoms with Crippen molar-refractivity contribution < 1.29 is 0 Å². The van der Waals surface area contributed by atoms with Gasteiger partial charge in [0, 0.05) is 25.4 Å². The van der Waals surface area contributed by atoms with Gasteiger partial charge in [0.1, 0.15) is 18.0 Å². The Morgan fingerprint density at radius 3 is 3.08 bits per heavy atom. The summed E-state index contributed by atoms with van der Waals surface area (Å²) in [6.45, 7) is 4.44. The SMILES string of the molecule is C[C@@H]1CCCN(c2nc3ccnc(Nc4cc(N)ncn4)c3s2)C1. The molecule has 8 heteroatoms. The zero-order valence-corrected chi connectivity index (χ0v) is 14.3. The van der Waals surface area contributed by atoms with Gasteiger partial charge in [0.2, 0.25) is 0 Å². The second-order valence-corrected chi connectivity index (χ2v) is 7.13. The highest BCUT2D eigenvalue weighted by Crippen LogP contribution is 2.35. The molecule has 3 aromatic rings. The molecule has 3 N–H and O–H groups in total. The maximum absolute atomic E-state index is 5.71. The van der Waals surface area contributed by atoms with Crippen LogP contribution in [-0.2, 0) is 0 Å². The van der Waals surface area contributed by atoms with Gasteiger partial charge in [-0.05, 0) is 24.8 Å². The first-order valence-corrected chi connectivity index (χ1v) is 8.86. The van der Waals surface area contributed by atoms with Crippen molar-refractivity contribution in [2.45, 2.75) is 19.8 Å². The Bertz CT molecular complexity index is 863. The number of aromatic nitrogens is 4. The Hall–Kier alpha value is -2.48. The summed E-state index contributed by atoms with van der Waals surface area (Å²) in [4.78, 5) is 19.7. The molecule has 0 amide bonds. The molecule has 0 saturated carbocycles. The monoisotopic (exact) mass is 341 g/mol. The fraction of sp³-hybridized carbons (Fsp3) is 0.375. The number of nitrogens with zero attached hydrogens (tertiary/aromatic N) is 5. The molecule has 0 bridgehead atoms. The van der Waals surface area contributed by atoms with Gasteiger partial charge >= 0.3 is 0 Å². The number of hydrogen-bond donors (Lipinski definition) is 2. The van der Waals surface area contributed by atoms with Gasteiger partial charge in [-0.3, -0.25) is 0 Å². The van der Waals surface area contributed by atoms with Crippen LogP contribution in [0.15, 0.2) is 24.7 Å². The van der Waals surface area contributed by atoms with Crippen LogP contribution >= 0.6 is 11.3 Å². The molecule has 3 aromatic heterocycles. The van der Waals surface area contributed by atoms with Crippen LogP contribution in [0.5, 0.6) is 0 Å². The highest BCUT2D eigenvalue weighted by atomic mass is 32.1. The number of anilines is 4. The number of piperidine rings is 1. The van der Waals surface area contributed by atoms with E-state index in [4.69, 9.17) is 10.7 Å². The van der Waals surface area contributed by atoms with Crippen molar-refractivity contribution in [3.05, 3.63) is 24.7 Å². The molecule has 1 saturated heterocycles. The number of hydrogen-bond acceptors (Lipinski definition) is 8. The molecule has 24 heavy (non-hydrogen) atoms. The van der Waals surface area contributed by atoms with Gasteiger partial charge in [-0.15, -0.1) is 0 Å². The van der Waals surface area contributed by atoms with Crippen molar-refractivity contribution in [2.24, 2.45) is 5.92 Å². The number of nitrogens with two attached hydrogens (primary N) is 1. The Kier molecular flexibility index (Phi) is 3.89. The molecule has 0 aliphatic carbocycles. The maximum Gasteiger partial charge on any atom is 0.186 e. The number of thiazole rings is 1. The van der Waals surface area contributed by atoms with E-state index in [0.717, 1.165) is 34.3 Å². The van der Waals surface area contributed by atoms with E-state index < -0.39 is 0 Å². The van der Waals surface area contributed by atoms with Crippen LogP contribution in [-0.4, -0.2) is 33.0 Å². The third kappa shape index (κ3) is 2.96. The van der Waals surface area contributed by atoms with Gasteiger partial charge in [-0.2, -0.15) is 0 Å². The summed E-state index contributed by atoms with van der Waals surface area (Å²) in [5.74, 6) is 2.51. The van der Waals surface area contributed by atoms with Crippen molar-refractivity contribution in [3.63, 3.8) is 0 Å². The summed E-state index contributed by atoms with van der Waals surface area (Å²) in [7, 11) is 0. The molecule has 0 radical (unpaired) electrons. The quantitative estimate of drug-likeness (QED) is 0.756. The predicted molar refractivity (Wildman–Crippen MR) is 97.8 cm³/mol. The molecule has 0 aromatic carbocycles. The molecule has 7 nitrogen and oxygen atoms in total. The molecule has 4 heterocycles. The molecule has 1 aliphatic heterocycles. The summed E-state index contributed by atoms with van der Waals surface area (Å²) in [6, 6.07) is 3.64. The molecule has 0 unspecified atom stereocenters. The fourth-order valence-corrected chi connectivity index (χ4v) is 4.03. The normalized spacial score (nSPS) is 18.0. The second-order valence-electron chi connectivity index (χ2n) is 6.15. The van der Waals surface area contributed by atoms with E-state index in [2.05, 4.69) is 32.1 Å². The molecule has 1 fully saturated rings. The Balaban J connectivity index is 1.67. The Morgan fingerprint density at radius 2 is 2.25 bits per heavy atom. The largest absolute Gasteiger partial charge is 0.384 e. The summed E-state index contributed by atoms with van der Waals surface area (Å²) in [5.41, 5.74) is 6.66. The number of nitrogen functional groups attached to an aromatic ring is 1. The first kappa shape index (κ1) is 15.1. The summed E-state index contributed by atoms with van der Waals surface area (Å²) < 4.78 is 1.03. The van der Waals surface area contributed by atoms with E-state index in [1.165, 1.54) is 19.2 Å². The van der Waals surface area contributed by atoms with Crippen molar-refractivity contribution in [1.82, 2.24) is 19.9 Å². The lowest BCUT2D eigenvalue weighted by Gasteiger charge is -2.30. The van der Waals surface area contributed by atoms with Gasteiger partial charge in [-0.25, -0.2) is 19.9 Å². The molecular formula is C16H19N7S. The topological polar surface area (TPSA) is 92.9 Å². The van der Waals surface area contributed by atoms with E-state index in [-0.39, 0.29) is 0 Å². The second kappa shape index (κ2) is 6.20. The minimum atomic E-state index is 0.423. The molecule has 124 valence electrons. The molecule has 1 aliphatic rings. The fourth-order valence-electron chi connectivity index (χ4n) is 2.99. The van der Waals surface area contributed by atoms with E-state index >= 15 is 0 Å². The van der Waals surface area contributed by atoms with Crippen LogP contribution in [0.3, 0.4) is 0 Å². The molecule has 4 rings (SSSR count). The maximum atomic E-state index is 5.71. The predicted octanol–water partition coefficient (Wildman–Crippen LogP) is 3.04. The van der Waals surface area contributed by atoms with Gasteiger partial charge in [0.25, 0.3) is 0 Å². The number of pyridine rings is 1. The standard InChI is InChI=1S/C16H19N7S/c1-10-3-2-6-23(8-10)16-21-11-4-5-18-15(14(11)24-16)22-13-7-12(17)19-9-20-13/h4-5,7,9-10H,2-3,6,8H2,1H3,(H3,17,18,19,20,22)/t10-/m1/s1. The van der Waals surface area contributed by atoms with Gasteiger partial charge < -0.3 is 16.0 Å². The summed E-state index contributed by atoms with van der Waals surface area (Å²) in [6.07, 6.45) is 5.72. The van der Waals surface area contributed by atoms with Crippen molar-refractivity contribution in [3.8, 4) is 0 Å². The van der Waals surface area contributed by atoms with Crippen LogP contribution in [0, 0.1) is 5.92 Å². The minimum Gasteiger partial charge on any atom is -0.384 e. The average Bonchev–Trinajstić information content (AvgIpc) is 3.00. The number of nitrogens with one attached hydrogen (secondary N) is 1. The van der Waals surface area contributed by atoms with Gasteiger partial charge in [0.05, 0.1) is 10.2 Å². The Morgan fingerprint density at radius 1 is 1.33 bits per heavy atom. The van der Waals surface area contributed by atoms with Crippen LogP contribution in [0.25, 0.3) is 10.2 Å². The zero-order valence-electron chi connectivity index (χ0n) is 13.4. The zero-order chi connectivity index (χ0) is 16.5. The van der Waals surface area contributed by atoms with Crippen LogP contribution in [0.1, 0.15) is 19.8 Å². The smallest absolute Gasteiger partial charge is 0.186 e. The van der Waals surface area contributed by atoms with E-state index in [1.807, 2.05) is 6.07 Å².